The smallest absolute Gasteiger partial charge is 0.410 e. The molecule has 0 spiro atoms. The van der Waals surface area contributed by atoms with E-state index in [1.54, 1.807) is 4.90 Å². The van der Waals surface area contributed by atoms with Crippen LogP contribution in [0.15, 0.2) is 5.10 Å². The lowest BCUT2D eigenvalue weighted by atomic mass is 9.99. The van der Waals surface area contributed by atoms with E-state index in [0.717, 1.165) is 31.4 Å². The molecule has 0 aromatic carbocycles. The summed E-state index contributed by atoms with van der Waals surface area (Å²) in [6, 6.07) is 0.256. The van der Waals surface area contributed by atoms with Crippen molar-refractivity contribution in [1.82, 2.24) is 9.91 Å². The number of carbonyl (C=O) groups excluding carboxylic acids is 2. The molecule has 3 aliphatic rings. The number of amides is 1. The van der Waals surface area contributed by atoms with Gasteiger partial charge in [-0.1, -0.05) is 12.8 Å². The van der Waals surface area contributed by atoms with Crippen LogP contribution in [0.25, 0.3) is 0 Å². The maximum atomic E-state index is 12.3. The summed E-state index contributed by atoms with van der Waals surface area (Å²) in [6.45, 7) is 7.40. The van der Waals surface area contributed by atoms with E-state index in [4.69, 9.17) is 4.74 Å². The maximum absolute atomic E-state index is 12.3. The predicted molar refractivity (Wildman–Crippen MR) is 91.9 cm³/mol. The normalized spacial score (nSPS) is 23.8. The fraction of sp³-hybridized carbons (Fsp3) is 0.833. The topological polar surface area (TPSA) is 62.2 Å². The Balaban J connectivity index is 1.53. The molecule has 2 aliphatic heterocycles. The Hall–Kier alpha value is -1.59. The third kappa shape index (κ3) is 3.90. The zero-order chi connectivity index (χ0) is 17.3. The Kier molecular flexibility index (Phi) is 4.83. The van der Waals surface area contributed by atoms with Crippen molar-refractivity contribution in [2.75, 3.05) is 19.6 Å². The molecule has 1 saturated carbocycles. The van der Waals surface area contributed by atoms with Crippen molar-refractivity contribution in [3.63, 3.8) is 0 Å². The molecule has 0 unspecified atom stereocenters. The molecule has 1 aliphatic carbocycles. The van der Waals surface area contributed by atoms with Gasteiger partial charge in [0.05, 0.1) is 6.04 Å². The zero-order valence-electron chi connectivity index (χ0n) is 15.1. The minimum absolute atomic E-state index is 0.205. The summed E-state index contributed by atoms with van der Waals surface area (Å²) in [6.07, 6.45) is 6.08. The number of hydrazone groups is 1. The van der Waals surface area contributed by atoms with Crippen LogP contribution in [0.4, 0.5) is 4.79 Å². The van der Waals surface area contributed by atoms with E-state index < -0.39 is 5.60 Å². The number of ether oxygens (including phenoxy) is 1. The summed E-state index contributed by atoms with van der Waals surface area (Å²) < 4.78 is 5.43. The van der Waals surface area contributed by atoms with Gasteiger partial charge in [-0.15, -0.1) is 0 Å². The molecule has 1 amide bonds. The van der Waals surface area contributed by atoms with Gasteiger partial charge in [-0.3, -0.25) is 9.80 Å². The molecule has 0 aromatic rings. The van der Waals surface area contributed by atoms with Crippen LogP contribution in [-0.4, -0.2) is 58.8 Å². The second kappa shape index (κ2) is 6.73. The third-order valence-electron chi connectivity index (χ3n) is 5.11. The summed E-state index contributed by atoms with van der Waals surface area (Å²) in [5.41, 5.74) is 0.345. The SMILES string of the molecule is CC(C)(C)OC(=O)N1CCC(N2CC(=O)C(C3CCCC3)=N2)CC1. The summed E-state index contributed by atoms with van der Waals surface area (Å²) in [4.78, 5) is 26.2. The minimum Gasteiger partial charge on any atom is -0.444 e. The van der Waals surface area contributed by atoms with Gasteiger partial charge in [0.15, 0.2) is 5.78 Å². The summed E-state index contributed by atoms with van der Waals surface area (Å²) >= 11 is 0. The average Bonchev–Trinajstić information content (AvgIpc) is 3.14. The van der Waals surface area contributed by atoms with E-state index in [1.165, 1.54) is 12.8 Å². The molecule has 6 heteroatoms. The van der Waals surface area contributed by atoms with Crippen LogP contribution in [0.3, 0.4) is 0 Å². The highest BCUT2D eigenvalue weighted by Gasteiger charge is 2.36. The molecular weight excluding hydrogens is 306 g/mol. The number of carbonyl (C=O) groups is 2. The van der Waals surface area contributed by atoms with E-state index in [0.29, 0.717) is 25.6 Å². The number of hydrogen-bond acceptors (Lipinski definition) is 5. The highest BCUT2D eigenvalue weighted by molar-refractivity contribution is 6.42. The molecule has 0 N–H and O–H groups in total. The number of hydrogen-bond donors (Lipinski definition) is 0. The molecule has 24 heavy (non-hydrogen) atoms. The number of nitrogens with zero attached hydrogens (tertiary/aromatic N) is 3. The van der Waals surface area contributed by atoms with Gasteiger partial charge in [-0.2, -0.15) is 5.10 Å². The van der Waals surface area contributed by atoms with Gasteiger partial charge in [0.25, 0.3) is 0 Å². The van der Waals surface area contributed by atoms with E-state index in [2.05, 4.69) is 5.10 Å². The van der Waals surface area contributed by atoms with E-state index >= 15 is 0 Å². The summed E-state index contributed by atoms with van der Waals surface area (Å²) in [5.74, 6) is 0.584. The summed E-state index contributed by atoms with van der Waals surface area (Å²) in [5, 5.41) is 6.64. The van der Waals surface area contributed by atoms with E-state index in [-0.39, 0.29) is 17.9 Å². The van der Waals surface area contributed by atoms with E-state index in [9.17, 15) is 9.59 Å². The zero-order valence-corrected chi connectivity index (χ0v) is 15.1. The molecule has 0 radical (unpaired) electrons. The molecule has 0 aromatic heterocycles. The lowest BCUT2D eigenvalue weighted by Crippen LogP contribution is -2.46. The quantitative estimate of drug-likeness (QED) is 0.778. The fourth-order valence-corrected chi connectivity index (χ4v) is 3.85. The highest BCUT2D eigenvalue weighted by atomic mass is 16.6. The van der Waals surface area contributed by atoms with Crippen LogP contribution < -0.4 is 0 Å². The van der Waals surface area contributed by atoms with Crippen LogP contribution in [-0.2, 0) is 9.53 Å². The second-order valence-electron chi connectivity index (χ2n) is 8.19. The van der Waals surface area contributed by atoms with Gasteiger partial charge in [-0.05, 0) is 46.5 Å². The van der Waals surface area contributed by atoms with Crippen LogP contribution in [0.1, 0.15) is 59.3 Å². The van der Waals surface area contributed by atoms with Crippen molar-refractivity contribution in [1.29, 1.82) is 0 Å². The van der Waals surface area contributed by atoms with Crippen molar-refractivity contribution in [2.24, 2.45) is 11.0 Å². The number of ketones is 1. The number of rotatable bonds is 2. The van der Waals surface area contributed by atoms with E-state index in [1.807, 2.05) is 25.8 Å². The van der Waals surface area contributed by atoms with Gasteiger partial charge >= 0.3 is 6.09 Å². The Labute approximate surface area is 144 Å². The first-order valence-electron chi connectivity index (χ1n) is 9.20. The molecule has 134 valence electrons. The average molecular weight is 335 g/mol. The molecule has 1 saturated heterocycles. The Bertz CT molecular complexity index is 524. The lowest BCUT2D eigenvalue weighted by Gasteiger charge is -2.36. The summed E-state index contributed by atoms with van der Waals surface area (Å²) in [7, 11) is 0. The van der Waals surface area contributed by atoms with Crippen LogP contribution in [0.2, 0.25) is 0 Å². The Morgan fingerprint density at radius 3 is 2.33 bits per heavy atom. The molecule has 3 rings (SSSR count). The van der Waals surface area contributed by atoms with Gasteiger partial charge in [0.2, 0.25) is 0 Å². The standard InChI is InChI=1S/C18H29N3O3/c1-18(2,3)24-17(23)20-10-8-14(9-11-20)21-12-15(22)16(19-21)13-6-4-5-7-13/h13-14H,4-12H2,1-3H3. The molecule has 2 heterocycles. The monoisotopic (exact) mass is 335 g/mol. The Morgan fingerprint density at radius 1 is 1.12 bits per heavy atom. The highest BCUT2D eigenvalue weighted by Crippen LogP contribution is 2.30. The first-order valence-corrected chi connectivity index (χ1v) is 9.20. The van der Waals surface area contributed by atoms with Crippen molar-refractivity contribution in [3.8, 4) is 0 Å². The number of piperidine rings is 1. The second-order valence-corrected chi connectivity index (χ2v) is 8.19. The predicted octanol–water partition coefficient (Wildman–Crippen LogP) is 2.82. The Morgan fingerprint density at radius 2 is 1.75 bits per heavy atom. The van der Waals surface area contributed by atoms with Crippen molar-refractivity contribution in [3.05, 3.63) is 0 Å². The van der Waals surface area contributed by atoms with Crippen molar-refractivity contribution < 1.29 is 14.3 Å². The number of likely N-dealkylation sites (tertiary alicyclic amines) is 1. The van der Waals surface area contributed by atoms with Crippen LogP contribution >= 0.6 is 0 Å². The maximum Gasteiger partial charge on any atom is 0.410 e. The van der Waals surface area contributed by atoms with Crippen LogP contribution in [0.5, 0.6) is 0 Å². The molecule has 6 nitrogen and oxygen atoms in total. The molecule has 0 bridgehead atoms. The van der Waals surface area contributed by atoms with Gasteiger partial charge < -0.3 is 9.64 Å². The fourth-order valence-electron chi connectivity index (χ4n) is 3.85. The first-order chi connectivity index (χ1) is 11.3. The molecule has 0 atom stereocenters. The molecular formula is C18H29N3O3. The number of Topliss-reactive ketones (excluding diaryl/α,β-unsaturated/α-hetero) is 1. The largest absolute Gasteiger partial charge is 0.444 e. The van der Waals surface area contributed by atoms with Crippen LogP contribution in [0, 0.1) is 5.92 Å². The first kappa shape index (κ1) is 17.2. The van der Waals surface area contributed by atoms with Crippen molar-refractivity contribution >= 4 is 17.6 Å². The van der Waals surface area contributed by atoms with Gasteiger partial charge in [0, 0.05) is 19.0 Å². The minimum atomic E-state index is -0.463. The third-order valence-corrected chi connectivity index (χ3v) is 5.11. The van der Waals surface area contributed by atoms with Gasteiger partial charge in [0.1, 0.15) is 17.9 Å². The van der Waals surface area contributed by atoms with Gasteiger partial charge in [-0.25, -0.2) is 4.79 Å². The molecule has 2 fully saturated rings. The van der Waals surface area contributed by atoms with Crippen molar-refractivity contribution in [2.45, 2.75) is 70.9 Å². The lowest BCUT2D eigenvalue weighted by molar-refractivity contribution is -0.113.